The molecule has 2 heterocycles. The van der Waals surface area contributed by atoms with Gasteiger partial charge in [-0.25, -0.2) is 4.98 Å². The lowest BCUT2D eigenvalue weighted by molar-refractivity contribution is 0.167. The zero-order chi connectivity index (χ0) is 13.9. The molecule has 4 nitrogen and oxygen atoms in total. The Morgan fingerprint density at radius 1 is 1.32 bits per heavy atom. The third kappa shape index (κ3) is 4.62. The molecule has 0 unspecified atom stereocenters. The van der Waals surface area contributed by atoms with Gasteiger partial charge >= 0.3 is 0 Å². The average Bonchev–Trinajstić information content (AvgIpc) is 2.73. The van der Waals surface area contributed by atoms with Crippen molar-refractivity contribution in [3.63, 3.8) is 0 Å². The second-order valence-electron chi connectivity index (χ2n) is 6.85. The standard InChI is InChI=1S/C15H28N4/c1-15(2,3)17-9-13-5-7-19(8-6-13)11-14-10-16-12-18(14)4/h10,12-13,17H,5-9,11H2,1-4H3. The predicted molar refractivity (Wildman–Crippen MR) is 79.0 cm³/mol. The summed E-state index contributed by atoms with van der Waals surface area (Å²) in [6.07, 6.45) is 6.48. The molecule has 1 saturated heterocycles. The molecule has 0 atom stereocenters. The lowest BCUT2D eigenvalue weighted by Crippen LogP contribution is -2.42. The molecule has 1 aliphatic rings. The molecule has 0 radical (unpaired) electrons. The molecule has 0 saturated carbocycles. The maximum atomic E-state index is 4.18. The Kier molecular flexibility index (Phi) is 4.63. The van der Waals surface area contributed by atoms with E-state index >= 15 is 0 Å². The van der Waals surface area contributed by atoms with Crippen molar-refractivity contribution < 1.29 is 0 Å². The average molecular weight is 264 g/mol. The summed E-state index contributed by atoms with van der Waals surface area (Å²) in [7, 11) is 2.07. The van der Waals surface area contributed by atoms with Crippen LogP contribution in [0.15, 0.2) is 12.5 Å². The van der Waals surface area contributed by atoms with E-state index in [9.17, 15) is 0 Å². The minimum absolute atomic E-state index is 0.242. The highest BCUT2D eigenvalue weighted by Gasteiger charge is 2.21. The Morgan fingerprint density at radius 2 is 2.00 bits per heavy atom. The van der Waals surface area contributed by atoms with E-state index in [1.165, 1.54) is 31.6 Å². The highest BCUT2D eigenvalue weighted by Crippen LogP contribution is 2.19. The second-order valence-corrected chi connectivity index (χ2v) is 6.85. The first kappa shape index (κ1) is 14.5. The lowest BCUT2D eigenvalue weighted by atomic mass is 9.95. The van der Waals surface area contributed by atoms with Crippen LogP contribution in [0.4, 0.5) is 0 Å². The minimum Gasteiger partial charge on any atom is -0.337 e. The molecule has 2 rings (SSSR count). The summed E-state index contributed by atoms with van der Waals surface area (Å²) < 4.78 is 2.12. The summed E-state index contributed by atoms with van der Waals surface area (Å²) in [5.74, 6) is 0.835. The minimum atomic E-state index is 0.242. The van der Waals surface area contributed by atoms with Gasteiger partial charge in [0.1, 0.15) is 0 Å². The highest BCUT2D eigenvalue weighted by atomic mass is 15.2. The second kappa shape index (κ2) is 6.06. The largest absolute Gasteiger partial charge is 0.337 e. The van der Waals surface area contributed by atoms with Crippen molar-refractivity contribution in [3.8, 4) is 0 Å². The molecule has 4 heteroatoms. The Balaban J connectivity index is 1.72. The molecular formula is C15H28N4. The van der Waals surface area contributed by atoms with Gasteiger partial charge in [-0.2, -0.15) is 0 Å². The van der Waals surface area contributed by atoms with E-state index in [-0.39, 0.29) is 5.54 Å². The molecule has 1 fully saturated rings. The first-order valence-electron chi connectivity index (χ1n) is 7.36. The van der Waals surface area contributed by atoms with E-state index < -0.39 is 0 Å². The van der Waals surface area contributed by atoms with E-state index in [0.29, 0.717) is 0 Å². The lowest BCUT2D eigenvalue weighted by Gasteiger charge is -2.33. The fraction of sp³-hybridized carbons (Fsp3) is 0.800. The molecule has 1 N–H and O–H groups in total. The number of nitrogens with zero attached hydrogens (tertiary/aromatic N) is 3. The zero-order valence-electron chi connectivity index (χ0n) is 12.8. The number of rotatable bonds is 4. The van der Waals surface area contributed by atoms with Gasteiger partial charge in [-0.1, -0.05) is 0 Å². The molecule has 0 spiro atoms. The van der Waals surface area contributed by atoms with Gasteiger partial charge in [0, 0.05) is 25.3 Å². The van der Waals surface area contributed by atoms with E-state index in [4.69, 9.17) is 0 Å². The number of piperidine rings is 1. The fourth-order valence-electron chi connectivity index (χ4n) is 2.57. The smallest absolute Gasteiger partial charge is 0.0945 e. The summed E-state index contributed by atoms with van der Waals surface area (Å²) in [6, 6.07) is 0. The number of nitrogens with one attached hydrogen (secondary N) is 1. The summed E-state index contributed by atoms with van der Waals surface area (Å²) in [5, 5.41) is 3.63. The van der Waals surface area contributed by atoms with Gasteiger partial charge < -0.3 is 9.88 Å². The van der Waals surface area contributed by atoms with Crippen LogP contribution >= 0.6 is 0 Å². The summed E-state index contributed by atoms with van der Waals surface area (Å²) >= 11 is 0. The van der Waals surface area contributed by atoms with Crippen LogP contribution in [0, 0.1) is 5.92 Å². The molecule has 0 aliphatic carbocycles. The first-order valence-corrected chi connectivity index (χ1v) is 7.36. The topological polar surface area (TPSA) is 33.1 Å². The van der Waals surface area contributed by atoms with Gasteiger partial charge in [0.25, 0.3) is 0 Å². The predicted octanol–water partition coefficient (Wildman–Crippen LogP) is 2.02. The van der Waals surface area contributed by atoms with Crippen LogP contribution in [-0.2, 0) is 13.6 Å². The van der Waals surface area contributed by atoms with Gasteiger partial charge in [-0.05, 0) is 59.2 Å². The maximum absolute atomic E-state index is 4.18. The molecular weight excluding hydrogens is 236 g/mol. The van der Waals surface area contributed by atoms with Crippen molar-refractivity contribution in [2.24, 2.45) is 13.0 Å². The van der Waals surface area contributed by atoms with Crippen molar-refractivity contribution in [2.45, 2.75) is 45.7 Å². The molecule has 19 heavy (non-hydrogen) atoms. The molecule has 108 valence electrons. The SMILES string of the molecule is Cn1cncc1CN1CCC(CNC(C)(C)C)CC1. The van der Waals surface area contributed by atoms with E-state index in [1.54, 1.807) is 0 Å². The molecule has 0 bridgehead atoms. The Bertz CT molecular complexity index is 383. The third-order valence-electron chi connectivity index (χ3n) is 3.93. The van der Waals surface area contributed by atoms with Crippen LogP contribution in [-0.4, -0.2) is 39.6 Å². The Labute approximate surface area is 117 Å². The molecule has 1 aromatic rings. The molecule has 1 aromatic heterocycles. The summed E-state index contributed by atoms with van der Waals surface area (Å²) in [5.41, 5.74) is 1.55. The molecule has 0 amide bonds. The summed E-state index contributed by atoms with van der Waals surface area (Å²) in [6.45, 7) is 11.3. The fourth-order valence-corrected chi connectivity index (χ4v) is 2.57. The van der Waals surface area contributed by atoms with E-state index in [0.717, 1.165) is 19.0 Å². The number of imidazole rings is 1. The van der Waals surface area contributed by atoms with Gasteiger partial charge in [-0.3, -0.25) is 4.90 Å². The quantitative estimate of drug-likeness (QED) is 0.903. The van der Waals surface area contributed by atoms with Crippen LogP contribution in [0.2, 0.25) is 0 Å². The number of hydrogen-bond donors (Lipinski definition) is 1. The van der Waals surface area contributed by atoms with E-state index in [1.807, 2.05) is 12.5 Å². The van der Waals surface area contributed by atoms with E-state index in [2.05, 4.69) is 47.6 Å². The van der Waals surface area contributed by atoms with Crippen LogP contribution < -0.4 is 5.32 Å². The van der Waals surface area contributed by atoms with Crippen LogP contribution in [0.1, 0.15) is 39.3 Å². The number of likely N-dealkylation sites (tertiary alicyclic amines) is 1. The summed E-state index contributed by atoms with van der Waals surface area (Å²) in [4.78, 5) is 6.73. The number of hydrogen-bond acceptors (Lipinski definition) is 3. The highest BCUT2D eigenvalue weighted by molar-refractivity contribution is 4.97. The molecule has 1 aliphatic heterocycles. The monoisotopic (exact) mass is 264 g/mol. The Hall–Kier alpha value is -0.870. The van der Waals surface area contributed by atoms with Crippen molar-refractivity contribution >= 4 is 0 Å². The van der Waals surface area contributed by atoms with Crippen molar-refractivity contribution in [2.75, 3.05) is 19.6 Å². The van der Waals surface area contributed by atoms with Gasteiger partial charge in [0.15, 0.2) is 0 Å². The van der Waals surface area contributed by atoms with Crippen LogP contribution in [0.3, 0.4) is 0 Å². The van der Waals surface area contributed by atoms with Crippen molar-refractivity contribution in [3.05, 3.63) is 18.2 Å². The van der Waals surface area contributed by atoms with Crippen LogP contribution in [0.25, 0.3) is 0 Å². The Morgan fingerprint density at radius 3 is 2.53 bits per heavy atom. The third-order valence-corrected chi connectivity index (χ3v) is 3.93. The van der Waals surface area contributed by atoms with Crippen LogP contribution in [0.5, 0.6) is 0 Å². The maximum Gasteiger partial charge on any atom is 0.0945 e. The van der Waals surface area contributed by atoms with Gasteiger partial charge in [0.05, 0.1) is 12.0 Å². The van der Waals surface area contributed by atoms with Crippen molar-refractivity contribution in [1.29, 1.82) is 0 Å². The first-order chi connectivity index (χ1) is 8.94. The molecule has 0 aromatic carbocycles. The number of aryl methyl sites for hydroxylation is 1. The van der Waals surface area contributed by atoms with Gasteiger partial charge in [-0.15, -0.1) is 0 Å². The van der Waals surface area contributed by atoms with Crippen molar-refractivity contribution in [1.82, 2.24) is 19.8 Å². The normalized spacial score (nSPS) is 18.9. The zero-order valence-corrected chi connectivity index (χ0v) is 12.8. The number of aromatic nitrogens is 2. The van der Waals surface area contributed by atoms with Gasteiger partial charge in [0.2, 0.25) is 0 Å².